The van der Waals surface area contributed by atoms with E-state index in [2.05, 4.69) is 132 Å². The number of carbonyl (C=O) groups is 1. The molecule has 1 aromatic heterocycles. The Hall–Kier alpha value is -1.12. The van der Waals surface area contributed by atoms with Gasteiger partial charge in [0.1, 0.15) is 0 Å². The van der Waals surface area contributed by atoms with Crippen LogP contribution in [0.25, 0.3) is 6.08 Å². The van der Waals surface area contributed by atoms with Crippen molar-refractivity contribution < 1.29 is 9.21 Å². The Morgan fingerprint density at radius 2 is 1.29 bits per heavy atom. The quantitative estimate of drug-likeness (QED) is 0.180. The van der Waals surface area contributed by atoms with Gasteiger partial charge in [0.2, 0.25) is 0 Å². The van der Waals surface area contributed by atoms with Crippen LogP contribution in [0, 0.1) is 10.8 Å². The Morgan fingerprint density at radius 1 is 0.805 bits per heavy atom. The molecule has 1 aliphatic carbocycles. The van der Waals surface area contributed by atoms with E-state index in [-0.39, 0.29) is 55.2 Å². The Morgan fingerprint density at radius 3 is 1.71 bits per heavy atom. The van der Waals surface area contributed by atoms with Crippen LogP contribution in [0.1, 0.15) is 102 Å². The molecule has 1 aliphatic heterocycles. The van der Waals surface area contributed by atoms with Crippen molar-refractivity contribution in [2.45, 2.75) is 105 Å². The van der Waals surface area contributed by atoms with E-state index in [1.54, 1.807) is 0 Å². The van der Waals surface area contributed by atoms with Gasteiger partial charge < -0.3 is 0 Å². The van der Waals surface area contributed by atoms with E-state index in [0.717, 1.165) is 50.3 Å². The normalized spacial score (nSPS) is 17.9. The van der Waals surface area contributed by atoms with E-state index < -0.39 is 0 Å². The molecule has 3 nitrogen and oxygen atoms in total. The van der Waals surface area contributed by atoms with Gasteiger partial charge in [0.15, 0.2) is 0 Å². The number of Topliss-reactive ketones (excluding diaryl/α,β-unsaturated/α-hetero) is 1. The van der Waals surface area contributed by atoms with Crippen LogP contribution in [-0.4, -0.2) is 57.2 Å². The Labute approximate surface area is 268 Å². The summed E-state index contributed by atoms with van der Waals surface area (Å²) in [5.74, 6) is 0.121. The van der Waals surface area contributed by atoms with Gasteiger partial charge in [-0.05, 0) is 0 Å². The van der Waals surface area contributed by atoms with Crippen LogP contribution in [0.2, 0.25) is 8.63 Å². The van der Waals surface area contributed by atoms with E-state index in [0.29, 0.717) is 15.0 Å². The predicted molar refractivity (Wildman–Crippen MR) is 181 cm³/mol. The van der Waals surface area contributed by atoms with Crippen LogP contribution >= 0.6 is 0 Å². The number of allylic oxidation sites excluding steroid dienone is 8. The summed E-state index contributed by atoms with van der Waals surface area (Å²) in [6, 6.07) is 4.31. The van der Waals surface area contributed by atoms with Gasteiger partial charge in [-0.1, -0.05) is 0 Å². The van der Waals surface area contributed by atoms with Gasteiger partial charge in [-0.2, -0.15) is 0 Å². The molecule has 0 saturated heterocycles. The molecule has 1 N–H and O–H groups in total. The molecule has 224 valence electrons. The van der Waals surface area contributed by atoms with Crippen molar-refractivity contribution in [3.63, 3.8) is 0 Å². The zero-order chi connectivity index (χ0) is 31.0. The van der Waals surface area contributed by atoms with Gasteiger partial charge >= 0.3 is 270 Å². The molecule has 0 aromatic carbocycles. The first kappa shape index (κ1) is 34.4. The molecule has 0 radical (unpaired) electrons. The first-order valence-corrected chi connectivity index (χ1v) is 19.8. The maximum absolute atomic E-state index is 13.7. The Bertz CT molecular complexity index is 1260. The van der Waals surface area contributed by atoms with Gasteiger partial charge in [0, 0.05) is 0 Å². The molecule has 0 spiro atoms. The number of hydrogen-bond acceptors (Lipinski definition) is 2. The van der Waals surface area contributed by atoms with Crippen molar-refractivity contribution in [1.82, 2.24) is 5.32 Å². The molecule has 0 unspecified atom stereocenters. The second-order valence-electron chi connectivity index (χ2n) is 14.8. The van der Waals surface area contributed by atoms with Gasteiger partial charge in [-0.15, -0.1) is 0 Å². The third kappa shape index (κ3) is 9.96. The topological polar surface area (TPSA) is 40.4 Å². The van der Waals surface area contributed by atoms with Crippen molar-refractivity contribution in [3.05, 3.63) is 67.3 Å². The van der Waals surface area contributed by atoms with Crippen molar-refractivity contribution in [2.24, 2.45) is 10.8 Å². The molecular formula is C35H50NO2Se3+. The maximum atomic E-state index is 13.7. The van der Waals surface area contributed by atoms with Crippen LogP contribution in [0.3, 0.4) is 0 Å². The number of ketones is 1. The third-order valence-electron chi connectivity index (χ3n) is 6.08. The zero-order valence-corrected chi connectivity index (χ0v) is 32.6. The molecule has 0 amide bonds. The van der Waals surface area contributed by atoms with E-state index in [4.69, 9.17) is 4.42 Å². The van der Waals surface area contributed by atoms with E-state index in [1.807, 2.05) is 0 Å². The number of carbonyl (C=O) groups excluding carboxylic acids is 1. The second kappa shape index (κ2) is 12.9. The molecule has 0 saturated carbocycles. The van der Waals surface area contributed by atoms with Crippen molar-refractivity contribution in [1.29, 1.82) is 0 Å². The monoisotopic (exact) mass is 756 g/mol. The summed E-state index contributed by atoms with van der Waals surface area (Å²) >= 11 is 0.704. The summed E-state index contributed by atoms with van der Waals surface area (Å²) in [4.78, 5) is 13.7. The fourth-order valence-corrected chi connectivity index (χ4v) is 10.9. The van der Waals surface area contributed by atoms with Crippen molar-refractivity contribution >= 4 is 66.0 Å². The van der Waals surface area contributed by atoms with Gasteiger partial charge in [0.25, 0.3) is 0 Å². The molecular weight excluding hydrogens is 703 g/mol. The molecule has 6 heteroatoms. The molecule has 0 bridgehead atoms. The van der Waals surface area contributed by atoms with E-state index in [9.17, 15) is 4.79 Å². The van der Waals surface area contributed by atoms with Crippen LogP contribution in [0.15, 0.2) is 66.1 Å². The van der Waals surface area contributed by atoms with Crippen LogP contribution in [-0.2, 0) is 4.79 Å². The third-order valence-corrected chi connectivity index (χ3v) is 14.3. The zero-order valence-electron chi connectivity index (χ0n) is 27.4. The summed E-state index contributed by atoms with van der Waals surface area (Å²) in [6.07, 6.45) is 9.86. The molecule has 3 rings (SSSR count). The minimum absolute atomic E-state index is 0.104. The van der Waals surface area contributed by atoms with E-state index >= 15 is 0 Å². The number of rotatable bonds is 7. The minimum atomic E-state index is 0.104. The average Bonchev–Trinajstić information content (AvgIpc) is 2.78. The number of hydrogen-bond donors (Lipinski definition) is 1. The average molecular weight is 754 g/mol. The molecule has 2 heterocycles. The summed E-state index contributed by atoms with van der Waals surface area (Å²) in [6.45, 7) is 30.3. The van der Waals surface area contributed by atoms with Crippen LogP contribution < -0.4 is 14.6 Å². The fourth-order valence-electron chi connectivity index (χ4n) is 4.11. The van der Waals surface area contributed by atoms with E-state index in [1.165, 1.54) is 8.94 Å². The second-order valence-corrected chi connectivity index (χ2v) is 24.8. The Kier molecular flexibility index (Phi) is 10.8. The summed E-state index contributed by atoms with van der Waals surface area (Å²) in [5.41, 5.74) is 4.95. The summed E-state index contributed by atoms with van der Waals surface area (Å²) < 4.78 is 11.8. The van der Waals surface area contributed by atoms with Crippen molar-refractivity contribution in [3.8, 4) is 0 Å². The van der Waals surface area contributed by atoms with Crippen LogP contribution in [0.5, 0.6) is 0 Å². The molecule has 0 atom stereocenters. The van der Waals surface area contributed by atoms with Crippen LogP contribution in [0.4, 0.5) is 0 Å². The summed E-state index contributed by atoms with van der Waals surface area (Å²) in [5, 5.41) is 3.59. The molecule has 1 aromatic rings. The molecule has 41 heavy (non-hydrogen) atoms. The number of nitrogens with one attached hydrogen (secondary N) is 1. The standard InChI is InChI=1S/C35H49NO2Se3/c1-14-15-36-30-24(16-22-18-26(32(2,3)4)39-27(19-22)33(5,6)7)31(37)25(30)17-23-20-28(40-34(8,9)10)38-29(21-23)41-35(11,12)13/h16-21H,14-15H2,1-13H3/p+1/b25-17-. The van der Waals surface area contributed by atoms with Gasteiger partial charge in [0.05, 0.1) is 0 Å². The van der Waals surface area contributed by atoms with Gasteiger partial charge in [-0.3, -0.25) is 0 Å². The SMILES string of the molecule is CCCNC1=C(C=C2C=C(C(C)(C)C)[Se]C(C(C)(C)C)=C2)C(=O)/C1=C\c1cc([Se]C(C)(C)C)[o+]c([Se]C(C)(C)C)c1. The first-order chi connectivity index (χ1) is 18.7. The summed E-state index contributed by atoms with van der Waals surface area (Å²) in [7, 11) is 0. The Balaban J connectivity index is 2.12. The predicted octanol–water partition coefficient (Wildman–Crippen LogP) is 7.38. The molecule has 0 fully saturated rings. The first-order valence-electron chi connectivity index (χ1n) is 14.6. The fraction of sp³-hybridized carbons (Fsp3) is 0.543. The van der Waals surface area contributed by atoms with Crippen molar-refractivity contribution in [2.75, 3.05) is 6.54 Å². The van der Waals surface area contributed by atoms with Gasteiger partial charge in [-0.25, -0.2) is 0 Å². The molecule has 2 aliphatic rings.